The van der Waals surface area contributed by atoms with Gasteiger partial charge in [0.2, 0.25) is 0 Å². The molecule has 0 aliphatic heterocycles. The number of unbranched alkanes of at least 4 members (excludes halogenated alkanes) is 1. The number of rotatable bonds is 5. The largest absolute Gasteiger partial charge is 0.113 e. The van der Waals surface area contributed by atoms with Crippen LogP contribution in [0.5, 0.6) is 0 Å². The van der Waals surface area contributed by atoms with Crippen LogP contribution < -0.4 is 0 Å². The van der Waals surface area contributed by atoms with Crippen LogP contribution in [-0.2, 0) is 6.42 Å². The van der Waals surface area contributed by atoms with Crippen molar-refractivity contribution < 1.29 is 0 Å². The predicted molar refractivity (Wildman–Crippen MR) is 94.6 cm³/mol. The van der Waals surface area contributed by atoms with E-state index >= 15 is 0 Å². The highest BCUT2D eigenvalue weighted by atomic mass is 79.9. The minimum absolute atomic E-state index is 0.127. The minimum Gasteiger partial charge on any atom is -0.113 e. The summed E-state index contributed by atoms with van der Waals surface area (Å²) in [5.41, 5.74) is 3.61. The molecule has 0 spiro atoms. The summed E-state index contributed by atoms with van der Waals surface area (Å²) in [7, 11) is 0. The molecule has 0 aliphatic carbocycles. The fraction of sp³-hybridized carbons (Fsp3) is 0.294. The van der Waals surface area contributed by atoms with Crippen LogP contribution in [0, 0.1) is 0 Å². The summed E-state index contributed by atoms with van der Waals surface area (Å²) >= 11 is 13.6. The Hall–Kier alpha value is -0.310. The normalized spacial score (nSPS) is 12.4. The lowest BCUT2D eigenvalue weighted by Gasteiger charge is -2.13. The number of aryl methyl sites for hydroxylation is 1. The second-order valence-corrected chi connectivity index (χ2v) is 7.08. The summed E-state index contributed by atoms with van der Waals surface area (Å²) in [6.07, 6.45) is 3.61. The Bertz CT molecular complexity index is 564. The minimum atomic E-state index is -0.127. The molecule has 0 heterocycles. The third-order valence-corrected chi connectivity index (χ3v) is 4.99. The molecule has 2 aromatic rings. The predicted octanol–water partition coefficient (Wildman–Crippen LogP) is 6.88. The zero-order valence-corrected chi connectivity index (χ0v) is 15.3. The van der Waals surface area contributed by atoms with Gasteiger partial charge in [-0.3, -0.25) is 0 Å². The average Bonchev–Trinajstić information content (AvgIpc) is 2.45. The van der Waals surface area contributed by atoms with Gasteiger partial charge < -0.3 is 0 Å². The summed E-state index contributed by atoms with van der Waals surface area (Å²) < 4.78 is 2.08. The van der Waals surface area contributed by atoms with Gasteiger partial charge in [0.1, 0.15) is 0 Å². The topological polar surface area (TPSA) is 0 Å². The Labute approximate surface area is 142 Å². The zero-order chi connectivity index (χ0) is 14.5. The Kier molecular flexibility index (Phi) is 6.13. The van der Waals surface area contributed by atoms with E-state index in [0.717, 1.165) is 26.5 Å². The van der Waals surface area contributed by atoms with Gasteiger partial charge in [0.25, 0.3) is 0 Å². The molecule has 0 radical (unpaired) electrons. The van der Waals surface area contributed by atoms with Gasteiger partial charge in [0.05, 0.1) is 5.38 Å². The van der Waals surface area contributed by atoms with Crippen molar-refractivity contribution in [3.05, 3.63) is 68.1 Å². The molecular weight excluding hydrogens is 399 g/mol. The molecule has 0 aromatic heterocycles. The lowest BCUT2D eigenvalue weighted by Crippen LogP contribution is -1.95. The molecule has 106 valence electrons. The average molecular weight is 417 g/mol. The van der Waals surface area contributed by atoms with Crippen LogP contribution in [0.15, 0.2) is 51.4 Å². The molecule has 0 saturated carbocycles. The van der Waals surface area contributed by atoms with Crippen LogP contribution >= 0.6 is 43.5 Å². The molecule has 0 saturated heterocycles. The SMILES string of the molecule is CCCCc1ccc(C(Cl)c2ccc(Br)cc2Br)cc1. The highest BCUT2D eigenvalue weighted by Gasteiger charge is 2.14. The maximum absolute atomic E-state index is 6.60. The van der Waals surface area contributed by atoms with E-state index in [-0.39, 0.29) is 5.38 Å². The standard InChI is InChI=1S/C17H17Br2Cl/c1-2-3-4-12-5-7-13(8-6-12)17(20)15-10-9-14(18)11-16(15)19/h5-11,17H,2-4H2,1H3. The molecular formula is C17H17Br2Cl. The van der Waals surface area contributed by atoms with Crippen molar-refractivity contribution in [1.82, 2.24) is 0 Å². The second-order valence-electron chi connectivity index (χ2n) is 4.87. The summed E-state index contributed by atoms with van der Waals surface area (Å²) in [6.45, 7) is 2.22. The molecule has 0 nitrogen and oxygen atoms in total. The Morgan fingerprint density at radius 3 is 2.35 bits per heavy atom. The Morgan fingerprint density at radius 2 is 1.75 bits per heavy atom. The Morgan fingerprint density at radius 1 is 1.05 bits per heavy atom. The third kappa shape index (κ3) is 4.09. The first-order valence-corrected chi connectivity index (χ1v) is 8.82. The van der Waals surface area contributed by atoms with Crippen LogP contribution in [0.25, 0.3) is 0 Å². The van der Waals surface area contributed by atoms with E-state index < -0.39 is 0 Å². The smallest absolute Gasteiger partial charge is 0.0846 e. The van der Waals surface area contributed by atoms with E-state index in [9.17, 15) is 0 Å². The molecule has 2 aromatic carbocycles. The van der Waals surface area contributed by atoms with Crippen molar-refractivity contribution in [2.24, 2.45) is 0 Å². The van der Waals surface area contributed by atoms with Gasteiger partial charge in [0, 0.05) is 8.95 Å². The first kappa shape index (κ1) is 16.1. The van der Waals surface area contributed by atoms with Gasteiger partial charge in [-0.1, -0.05) is 75.5 Å². The highest BCUT2D eigenvalue weighted by Crippen LogP contribution is 2.35. The zero-order valence-electron chi connectivity index (χ0n) is 11.4. The van der Waals surface area contributed by atoms with Crippen LogP contribution in [-0.4, -0.2) is 0 Å². The highest BCUT2D eigenvalue weighted by molar-refractivity contribution is 9.11. The van der Waals surface area contributed by atoms with Crippen molar-refractivity contribution in [3.63, 3.8) is 0 Å². The van der Waals surface area contributed by atoms with E-state index in [2.05, 4.69) is 69.1 Å². The van der Waals surface area contributed by atoms with Crippen LogP contribution in [0.3, 0.4) is 0 Å². The molecule has 20 heavy (non-hydrogen) atoms. The van der Waals surface area contributed by atoms with Crippen LogP contribution in [0.2, 0.25) is 0 Å². The molecule has 3 heteroatoms. The molecule has 0 fully saturated rings. The van der Waals surface area contributed by atoms with Crippen molar-refractivity contribution in [2.45, 2.75) is 31.6 Å². The lowest BCUT2D eigenvalue weighted by molar-refractivity contribution is 0.794. The van der Waals surface area contributed by atoms with E-state index in [0.29, 0.717) is 0 Å². The van der Waals surface area contributed by atoms with Gasteiger partial charge in [0.15, 0.2) is 0 Å². The molecule has 2 rings (SSSR count). The van der Waals surface area contributed by atoms with E-state index in [4.69, 9.17) is 11.6 Å². The number of hydrogen-bond donors (Lipinski definition) is 0. The molecule has 0 N–H and O–H groups in total. The van der Waals surface area contributed by atoms with E-state index in [1.54, 1.807) is 0 Å². The summed E-state index contributed by atoms with van der Waals surface area (Å²) in [4.78, 5) is 0. The summed E-state index contributed by atoms with van der Waals surface area (Å²) in [5, 5.41) is -0.127. The summed E-state index contributed by atoms with van der Waals surface area (Å²) in [5.74, 6) is 0. The van der Waals surface area contributed by atoms with Crippen molar-refractivity contribution in [3.8, 4) is 0 Å². The van der Waals surface area contributed by atoms with Gasteiger partial charge in [-0.25, -0.2) is 0 Å². The van der Waals surface area contributed by atoms with E-state index in [1.165, 1.54) is 18.4 Å². The number of halogens is 3. The van der Waals surface area contributed by atoms with Gasteiger partial charge >= 0.3 is 0 Å². The van der Waals surface area contributed by atoms with Crippen LogP contribution in [0.4, 0.5) is 0 Å². The van der Waals surface area contributed by atoms with Crippen molar-refractivity contribution in [1.29, 1.82) is 0 Å². The van der Waals surface area contributed by atoms with Crippen LogP contribution in [0.1, 0.15) is 41.8 Å². The lowest BCUT2D eigenvalue weighted by atomic mass is 10.0. The number of alkyl halides is 1. The molecule has 0 amide bonds. The van der Waals surface area contributed by atoms with Gasteiger partial charge in [-0.05, 0) is 41.7 Å². The molecule has 0 aliphatic rings. The molecule has 0 bridgehead atoms. The maximum atomic E-state index is 6.60. The van der Waals surface area contributed by atoms with E-state index in [1.807, 2.05) is 12.1 Å². The second kappa shape index (κ2) is 7.63. The monoisotopic (exact) mass is 414 g/mol. The van der Waals surface area contributed by atoms with Gasteiger partial charge in [-0.15, -0.1) is 11.6 Å². The molecule has 1 unspecified atom stereocenters. The van der Waals surface area contributed by atoms with Crippen molar-refractivity contribution in [2.75, 3.05) is 0 Å². The summed E-state index contributed by atoms with van der Waals surface area (Å²) in [6, 6.07) is 14.7. The fourth-order valence-corrected chi connectivity index (χ4v) is 3.86. The fourth-order valence-electron chi connectivity index (χ4n) is 2.12. The number of hydrogen-bond acceptors (Lipinski definition) is 0. The van der Waals surface area contributed by atoms with Crippen molar-refractivity contribution >= 4 is 43.5 Å². The number of benzene rings is 2. The maximum Gasteiger partial charge on any atom is 0.0846 e. The molecule has 1 atom stereocenters. The Balaban J connectivity index is 2.18. The first-order valence-electron chi connectivity index (χ1n) is 6.79. The first-order chi connectivity index (χ1) is 9.61. The third-order valence-electron chi connectivity index (χ3n) is 3.33. The van der Waals surface area contributed by atoms with Gasteiger partial charge in [-0.2, -0.15) is 0 Å². The quantitative estimate of drug-likeness (QED) is 0.466.